The number of benzene rings is 2. The number of amides is 1. The van der Waals surface area contributed by atoms with E-state index in [1.165, 1.54) is 30.0 Å². The molecule has 6 nitrogen and oxygen atoms in total. The summed E-state index contributed by atoms with van der Waals surface area (Å²) in [5.74, 6) is -1.41. The molecule has 0 aliphatic heterocycles. The van der Waals surface area contributed by atoms with Crippen LogP contribution < -0.4 is 10.6 Å². The Morgan fingerprint density at radius 3 is 2.74 bits per heavy atom. The lowest BCUT2D eigenvalue weighted by Gasteiger charge is -2.26. The molecule has 7 heteroatoms. The smallest absolute Gasteiger partial charge is 0.342 e. The summed E-state index contributed by atoms with van der Waals surface area (Å²) in [5, 5.41) is 5.75. The van der Waals surface area contributed by atoms with E-state index in [-0.39, 0.29) is 29.0 Å². The summed E-state index contributed by atoms with van der Waals surface area (Å²) in [5.41, 5.74) is 2.64. The lowest BCUT2D eigenvalue weighted by Crippen LogP contribution is -2.34. The molecule has 31 heavy (non-hydrogen) atoms. The Morgan fingerprint density at radius 2 is 1.87 bits per heavy atom. The molecule has 0 saturated heterocycles. The quantitative estimate of drug-likeness (QED) is 0.582. The standard InChI is InChI=1S/C24H22FN3O3/c25-19-11-3-4-12-21(19)28-23-18(10-6-14-26-23)24(30)31-15-22(29)27-20-13-5-8-16-7-1-2-9-17(16)20/h1-4,6-7,9-12,14,20H,5,8,13,15H2,(H,26,28)(H,27,29)/t20-/m1/s1. The zero-order valence-corrected chi connectivity index (χ0v) is 16.8. The third kappa shape index (κ3) is 4.88. The number of aryl methyl sites for hydroxylation is 1. The molecule has 1 aromatic heterocycles. The molecule has 1 aliphatic rings. The van der Waals surface area contributed by atoms with Crippen LogP contribution in [0.3, 0.4) is 0 Å². The molecule has 0 fully saturated rings. The molecule has 0 bridgehead atoms. The first-order valence-corrected chi connectivity index (χ1v) is 10.1. The maximum absolute atomic E-state index is 13.9. The van der Waals surface area contributed by atoms with E-state index in [1.54, 1.807) is 18.2 Å². The van der Waals surface area contributed by atoms with Crippen molar-refractivity contribution in [2.45, 2.75) is 25.3 Å². The van der Waals surface area contributed by atoms with Gasteiger partial charge in [0.05, 0.1) is 11.7 Å². The van der Waals surface area contributed by atoms with E-state index in [9.17, 15) is 14.0 Å². The Bertz CT molecular complexity index is 1100. The van der Waals surface area contributed by atoms with E-state index in [2.05, 4.69) is 21.7 Å². The summed E-state index contributed by atoms with van der Waals surface area (Å²) >= 11 is 0. The SMILES string of the molecule is O=C(COC(=O)c1cccnc1Nc1ccccc1F)N[C@@H]1CCCc2ccccc21. The van der Waals surface area contributed by atoms with Gasteiger partial charge in [-0.25, -0.2) is 14.2 Å². The molecule has 3 aromatic rings. The molecule has 2 N–H and O–H groups in total. The van der Waals surface area contributed by atoms with E-state index in [0.29, 0.717) is 0 Å². The molecule has 158 valence electrons. The molecule has 1 amide bonds. The predicted octanol–water partition coefficient (Wildman–Crippen LogP) is 4.31. The van der Waals surface area contributed by atoms with Crippen molar-refractivity contribution >= 4 is 23.4 Å². The average Bonchev–Trinajstić information content (AvgIpc) is 2.80. The highest BCUT2D eigenvalue weighted by Gasteiger charge is 2.22. The van der Waals surface area contributed by atoms with Gasteiger partial charge < -0.3 is 15.4 Å². The van der Waals surface area contributed by atoms with E-state index >= 15 is 0 Å². The van der Waals surface area contributed by atoms with Crippen molar-refractivity contribution in [3.8, 4) is 0 Å². The number of aromatic nitrogens is 1. The fraction of sp³-hybridized carbons (Fsp3) is 0.208. The number of esters is 1. The first kappa shape index (κ1) is 20.5. The number of halogens is 1. The van der Waals surface area contributed by atoms with Crippen LogP contribution in [0.1, 0.15) is 40.4 Å². The Morgan fingerprint density at radius 1 is 1.06 bits per heavy atom. The van der Waals surface area contributed by atoms with Gasteiger partial charge in [0.25, 0.3) is 5.91 Å². The van der Waals surface area contributed by atoms with Gasteiger partial charge in [-0.15, -0.1) is 0 Å². The van der Waals surface area contributed by atoms with Gasteiger partial charge in [0.2, 0.25) is 0 Å². The summed E-state index contributed by atoms with van der Waals surface area (Å²) < 4.78 is 19.1. The minimum absolute atomic E-state index is 0.0900. The van der Waals surface area contributed by atoms with Gasteiger partial charge in [0, 0.05) is 6.20 Å². The first-order chi connectivity index (χ1) is 15.1. The molecular formula is C24H22FN3O3. The van der Waals surface area contributed by atoms with E-state index in [1.807, 2.05) is 18.2 Å². The van der Waals surface area contributed by atoms with Crippen LogP contribution in [0, 0.1) is 5.82 Å². The number of anilines is 2. The van der Waals surface area contributed by atoms with Crippen LogP contribution in [-0.2, 0) is 16.0 Å². The van der Waals surface area contributed by atoms with Crippen LogP contribution in [0.25, 0.3) is 0 Å². The number of hydrogen-bond acceptors (Lipinski definition) is 5. The van der Waals surface area contributed by atoms with Gasteiger partial charge in [-0.1, -0.05) is 36.4 Å². The molecule has 0 unspecified atom stereocenters. The summed E-state index contributed by atoms with van der Waals surface area (Å²) in [6.07, 6.45) is 4.31. The van der Waals surface area contributed by atoms with Crippen LogP contribution in [0.5, 0.6) is 0 Å². The Balaban J connectivity index is 1.38. The number of para-hydroxylation sites is 1. The van der Waals surface area contributed by atoms with Crippen molar-refractivity contribution in [1.29, 1.82) is 0 Å². The number of carbonyl (C=O) groups is 2. The van der Waals surface area contributed by atoms with Crippen molar-refractivity contribution < 1.29 is 18.7 Å². The predicted molar refractivity (Wildman–Crippen MR) is 114 cm³/mol. The van der Waals surface area contributed by atoms with Gasteiger partial charge in [-0.3, -0.25) is 4.79 Å². The van der Waals surface area contributed by atoms with E-state index < -0.39 is 18.4 Å². The molecule has 0 radical (unpaired) electrons. The fourth-order valence-corrected chi connectivity index (χ4v) is 3.71. The molecule has 1 heterocycles. The Labute approximate surface area is 179 Å². The molecule has 4 rings (SSSR count). The first-order valence-electron chi connectivity index (χ1n) is 10.1. The number of nitrogens with zero attached hydrogens (tertiary/aromatic N) is 1. The summed E-state index contributed by atoms with van der Waals surface area (Å²) in [6.45, 7) is -0.411. The van der Waals surface area contributed by atoms with Gasteiger partial charge in [-0.05, 0) is 54.7 Å². The third-order valence-electron chi connectivity index (χ3n) is 5.19. The summed E-state index contributed by atoms with van der Waals surface area (Å²) in [6, 6.07) is 17.1. The fourth-order valence-electron chi connectivity index (χ4n) is 3.71. The molecule has 2 aromatic carbocycles. The van der Waals surface area contributed by atoms with Crippen LogP contribution >= 0.6 is 0 Å². The molecule has 0 spiro atoms. The number of ether oxygens (including phenoxy) is 1. The minimum atomic E-state index is -0.717. The highest BCUT2D eigenvalue weighted by atomic mass is 19.1. The molecule has 0 saturated carbocycles. The number of fused-ring (bicyclic) bond motifs is 1. The minimum Gasteiger partial charge on any atom is -0.452 e. The molecule has 1 atom stereocenters. The lowest BCUT2D eigenvalue weighted by molar-refractivity contribution is -0.125. The van der Waals surface area contributed by atoms with Crippen LogP contribution in [0.15, 0.2) is 66.9 Å². The van der Waals surface area contributed by atoms with Gasteiger partial charge in [-0.2, -0.15) is 0 Å². The molecule has 1 aliphatic carbocycles. The highest BCUT2D eigenvalue weighted by Crippen LogP contribution is 2.29. The van der Waals surface area contributed by atoms with E-state index in [0.717, 1.165) is 24.8 Å². The number of nitrogens with one attached hydrogen (secondary N) is 2. The highest BCUT2D eigenvalue weighted by molar-refractivity contribution is 5.96. The third-order valence-corrected chi connectivity index (χ3v) is 5.19. The summed E-state index contributed by atoms with van der Waals surface area (Å²) in [4.78, 5) is 29.1. The Hall–Kier alpha value is -3.74. The number of pyridine rings is 1. The monoisotopic (exact) mass is 419 g/mol. The molecular weight excluding hydrogens is 397 g/mol. The normalized spacial score (nSPS) is 14.9. The van der Waals surface area contributed by atoms with Crippen LogP contribution in [-0.4, -0.2) is 23.5 Å². The van der Waals surface area contributed by atoms with Crippen molar-refractivity contribution in [2.24, 2.45) is 0 Å². The maximum Gasteiger partial charge on any atom is 0.342 e. The topological polar surface area (TPSA) is 80.3 Å². The van der Waals surface area contributed by atoms with Gasteiger partial charge in [0.1, 0.15) is 17.2 Å². The van der Waals surface area contributed by atoms with Crippen molar-refractivity contribution in [2.75, 3.05) is 11.9 Å². The second kappa shape index (κ2) is 9.38. The van der Waals surface area contributed by atoms with Gasteiger partial charge >= 0.3 is 5.97 Å². The number of rotatable bonds is 6. The largest absolute Gasteiger partial charge is 0.452 e. The van der Waals surface area contributed by atoms with Crippen LogP contribution in [0.2, 0.25) is 0 Å². The average molecular weight is 419 g/mol. The van der Waals surface area contributed by atoms with Crippen LogP contribution in [0.4, 0.5) is 15.9 Å². The zero-order valence-electron chi connectivity index (χ0n) is 16.8. The summed E-state index contributed by atoms with van der Waals surface area (Å²) in [7, 11) is 0. The number of hydrogen-bond donors (Lipinski definition) is 2. The lowest BCUT2D eigenvalue weighted by atomic mass is 9.88. The van der Waals surface area contributed by atoms with Crippen molar-refractivity contribution in [1.82, 2.24) is 10.3 Å². The maximum atomic E-state index is 13.9. The second-order valence-corrected chi connectivity index (χ2v) is 7.29. The number of carbonyl (C=O) groups excluding carboxylic acids is 2. The van der Waals surface area contributed by atoms with Gasteiger partial charge in [0.15, 0.2) is 6.61 Å². The zero-order chi connectivity index (χ0) is 21.6. The second-order valence-electron chi connectivity index (χ2n) is 7.29. The van der Waals surface area contributed by atoms with E-state index in [4.69, 9.17) is 4.74 Å². The van der Waals surface area contributed by atoms with Crippen molar-refractivity contribution in [3.63, 3.8) is 0 Å². The van der Waals surface area contributed by atoms with Crippen molar-refractivity contribution in [3.05, 3.63) is 89.4 Å². The Kier molecular flexibility index (Phi) is 6.21.